The van der Waals surface area contributed by atoms with Crippen LogP contribution in [0.3, 0.4) is 0 Å². The van der Waals surface area contributed by atoms with Crippen LogP contribution in [0.1, 0.15) is 35.9 Å². The average molecular weight is 389 g/mol. The molecule has 0 bridgehead atoms. The third kappa shape index (κ3) is 3.77. The lowest BCUT2D eigenvalue weighted by atomic mass is 10.1. The number of hydrogen-bond acceptors (Lipinski definition) is 4. The van der Waals surface area contributed by atoms with Crippen LogP contribution in [0.2, 0.25) is 5.02 Å². The molecule has 1 aromatic carbocycles. The van der Waals surface area contributed by atoms with Gasteiger partial charge in [0.05, 0.1) is 24.7 Å². The van der Waals surface area contributed by atoms with E-state index in [0.29, 0.717) is 19.6 Å². The molecule has 2 heterocycles. The van der Waals surface area contributed by atoms with Crippen LogP contribution >= 0.6 is 11.6 Å². The number of likely N-dealkylation sites (tertiary alicyclic amines) is 1. The molecular weight excluding hydrogens is 364 g/mol. The molecule has 2 aromatic rings. The van der Waals surface area contributed by atoms with Gasteiger partial charge in [0.15, 0.2) is 0 Å². The second-order valence-corrected chi connectivity index (χ2v) is 7.42. The largest absolute Gasteiger partial charge is 0.290 e. The van der Waals surface area contributed by atoms with Crippen LogP contribution in [-0.2, 0) is 22.7 Å². The van der Waals surface area contributed by atoms with Crippen molar-refractivity contribution in [3.05, 3.63) is 51.8 Å². The number of hydrogen-bond donors (Lipinski definition) is 0. The third-order valence-electron chi connectivity index (χ3n) is 5.29. The highest BCUT2D eigenvalue weighted by Crippen LogP contribution is 2.23. The van der Waals surface area contributed by atoms with Crippen LogP contribution in [-0.4, -0.2) is 51.0 Å². The number of amides is 2. The van der Waals surface area contributed by atoms with Crippen molar-refractivity contribution in [2.75, 3.05) is 13.6 Å². The van der Waals surface area contributed by atoms with Gasteiger partial charge in [-0.05, 0) is 39.4 Å². The molecule has 2 amide bonds. The SMILES string of the molecule is CCN1C(=O)C[C@H](N(C)Cc2c(C)nn(Cc3ccccc3Cl)c2C)C1=O. The molecule has 0 saturated carbocycles. The van der Waals surface area contributed by atoms with E-state index in [9.17, 15) is 9.59 Å². The summed E-state index contributed by atoms with van der Waals surface area (Å²) in [5, 5.41) is 5.38. The number of nitrogens with zero attached hydrogens (tertiary/aromatic N) is 4. The monoisotopic (exact) mass is 388 g/mol. The van der Waals surface area contributed by atoms with Gasteiger partial charge < -0.3 is 0 Å². The molecule has 144 valence electrons. The molecule has 0 spiro atoms. The summed E-state index contributed by atoms with van der Waals surface area (Å²) in [5.41, 5.74) is 4.07. The summed E-state index contributed by atoms with van der Waals surface area (Å²) < 4.78 is 1.94. The van der Waals surface area contributed by atoms with Crippen molar-refractivity contribution in [3.63, 3.8) is 0 Å². The van der Waals surface area contributed by atoms with E-state index in [1.807, 2.05) is 61.7 Å². The van der Waals surface area contributed by atoms with Crippen LogP contribution < -0.4 is 0 Å². The Balaban J connectivity index is 1.78. The van der Waals surface area contributed by atoms with Crippen molar-refractivity contribution in [1.29, 1.82) is 0 Å². The fourth-order valence-electron chi connectivity index (χ4n) is 3.61. The number of carbonyl (C=O) groups excluding carboxylic acids is 2. The number of rotatable bonds is 6. The second kappa shape index (κ2) is 7.82. The fourth-order valence-corrected chi connectivity index (χ4v) is 3.80. The minimum absolute atomic E-state index is 0.0952. The predicted molar refractivity (Wildman–Crippen MR) is 105 cm³/mol. The van der Waals surface area contributed by atoms with Gasteiger partial charge in [-0.3, -0.25) is 24.1 Å². The molecule has 1 atom stereocenters. The average Bonchev–Trinajstić information content (AvgIpc) is 3.06. The lowest BCUT2D eigenvalue weighted by Crippen LogP contribution is -2.39. The standard InChI is InChI=1S/C20H25ClN4O2/c1-5-24-19(26)10-18(20(24)27)23(4)12-16-13(2)22-25(14(16)3)11-15-8-6-7-9-17(15)21/h6-9,18H,5,10-12H2,1-4H3/t18-/m0/s1. The van der Waals surface area contributed by atoms with E-state index in [-0.39, 0.29) is 18.2 Å². The van der Waals surface area contributed by atoms with Crippen molar-refractivity contribution >= 4 is 23.4 Å². The maximum Gasteiger partial charge on any atom is 0.247 e. The quantitative estimate of drug-likeness (QED) is 0.714. The Bertz CT molecular complexity index is 877. The van der Waals surface area contributed by atoms with Crippen molar-refractivity contribution in [3.8, 4) is 0 Å². The van der Waals surface area contributed by atoms with Crippen LogP contribution in [0.5, 0.6) is 0 Å². The summed E-state index contributed by atoms with van der Waals surface area (Å²) in [7, 11) is 1.89. The molecule has 27 heavy (non-hydrogen) atoms. The van der Waals surface area contributed by atoms with Crippen molar-refractivity contribution in [2.24, 2.45) is 0 Å². The highest BCUT2D eigenvalue weighted by atomic mass is 35.5. The Morgan fingerprint density at radius 1 is 1.26 bits per heavy atom. The molecule has 0 unspecified atom stereocenters. The molecule has 0 aliphatic carbocycles. The minimum atomic E-state index is -0.400. The first-order valence-corrected chi connectivity index (χ1v) is 9.52. The van der Waals surface area contributed by atoms with Gasteiger partial charge in [-0.1, -0.05) is 29.8 Å². The molecule has 3 rings (SSSR count). The van der Waals surface area contributed by atoms with Gasteiger partial charge in [0.1, 0.15) is 0 Å². The van der Waals surface area contributed by atoms with Gasteiger partial charge in [-0.25, -0.2) is 0 Å². The van der Waals surface area contributed by atoms with E-state index in [1.165, 1.54) is 4.90 Å². The zero-order chi connectivity index (χ0) is 19.7. The van der Waals surface area contributed by atoms with Gasteiger partial charge in [0.2, 0.25) is 11.8 Å². The number of aromatic nitrogens is 2. The molecule has 1 saturated heterocycles. The van der Waals surface area contributed by atoms with Crippen LogP contribution in [0.15, 0.2) is 24.3 Å². The lowest BCUT2D eigenvalue weighted by Gasteiger charge is -2.22. The van der Waals surface area contributed by atoms with Crippen LogP contribution in [0.25, 0.3) is 0 Å². The predicted octanol–water partition coefficient (Wildman–Crippen LogP) is 2.78. The lowest BCUT2D eigenvalue weighted by molar-refractivity contribution is -0.139. The van der Waals surface area contributed by atoms with E-state index in [2.05, 4.69) is 5.10 Å². The van der Waals surface area contributed by atoms with Gasteiger partial charge in [0, 0.05) is 29.4 Å². The summed E-state index contributed by atoms with van der Waals surface area (Å²) in [4.78, 5) is 27.8. The highest BCUT2D eigenvalue weighted by Gasteiger charge is 2.40. The summed E-state index contributed by atoms with van der Waals surface area (Å²) in [6.07, 6.45) is 0.245. The highest BCUT2D eigenvalue weighted by molar-refractivity contribution is 6.31. The maximum atomic E-state index is 12.5. The summed E-state index contributed by atoms with van der Waals surface area (Å²) in [5.74, 6) is -0.203. The zero-order valence-electron chi connectivity index (χ0n) is 16.2. The Morgan fingerprint density at radius 2 is 1.96 bits per heavy atom. The van der Waals surface area contributed by atoms with Crippen LogP contribution in [0, 0.1) is 13.8 Å². The summed E-state index contributed by atoms with van der Waals surface area (Å²) in [6, 6.07) is 7.34. The second-order valence-electron chi connectivity index (χ2n) is 7.01. The van der Waals surface area contributed by atoms with Crippen molar-refractivity contribution in [1.82, 2.24) is 19.6 Å². The van der Waals surface area contributed by atoms with Gasteiger partial charge in [0.25, 0.3) is 0 Å². The third-order valence-corrected chi connectivity index (χ3v) is 5.65. The Kier molecular flexibility index (Phi) is 5.67. The van der Waals surface area contributed by atoms with Crippen LogP contribution in [0.4, 0.5) is 0 Å². The number of halogens is 1. The smallest absolute Gasteiger partial charge is 0.247 e. The van der Waals surface area contributed by atoms with E-state index in [0.717, 1.165) is 27.5 Å². The van der Waals surface area contributed by atoms with Gasteiger partial charge in [-0.15, -0.1) is 0 Å². The number of imide groups is 1. The fraction of sp³-hybridized carbons (Fsp3) is 0.450. The molecule has 1 aliphatic rings. The molecule has 1 fully saturated rings. The first-order chi connectivity index (χ1) is 12.8. The molecule has 1 aliphatic heterocycles. The van der Waals surface area contributed by atoms with E-state index in [1.54, 1.807) is 0 Å². The number of likely N-dealkylation sites (N-methyl/N-ethyl adjacent to an activating group) is 2. The van der Waals surface area contributed by atoms with Crippen molar-refractivity contribution in [2.45, 2.75) is 46.3 Å². The number of carbonyl (C=O) groups is 2. The molecule has 0 radical (unpaired) electrons. The normalized spacial score (nSPS) is 17.4. The number of aryl methyl sites for hydroxylation is 1. The minimum Gasteiger partial charge on any atom is -0.290 e. The van der Waals surface area contributed by atoms with E-state index < -0.39 is 6.04 Å². The Labute approximate surface area is 164 Å². The topological polar surface area (TPSA) is 58.4 Å². The molecule has 6 nitrogen and oxygen atoms in total. The molecule has 7 heteroatoms. The first-order valence-electron chi connectivity index (χ1n) is 9.14. The summed E-state index contributed by atoms with van der Waals surface area (Å²) in [6.45, 7) is 7.42. The first kappa shape index (κ1) is 19.6. The van der Waals surface area contributed by atoms with Gasteiger partial charge in [-0.2, -0.15) is 5.10 Å². The molecular formula is C20H25ClN4O2. The Morgan fingerprint density at radius 3 is 2.59 bits per heavy atom. The Hall–Kier alpha value is -2.18. The van der Waals surface area contributed by atoms with Crippen molar-refractivity contribution < 1.29 is 9.59 Å². The van der Waals surface area contributed by atoms with E-state index >= 15 is 0 Å². The molecule has 0 N–H and O–H groups in total. The summed E-state index contributed by atoms with van der Waals surface area (Å²) >= 11 is 6.28. The van der Waals surface area contributed by atoms with Gasteiger partial charge >= 0.3 is 0 Å². The van der Waals surface area contributed by atoms with E-state index in [4.69, 9.17) is 11.6 Å². The zero-order valence-corrected chi connectivity index (χ0v) is 17.0. The number of benzene rings is 1. The maximum absolute atomic E-state index is 12.5. The molecule has 1 aromatic heterocycles.